The van der Waals surface area contributed by atoms with E-state index in [1.54, 1.807) is 6.07 Å². The molecule has 0 radical (unpaired) electrons. The highest BCUT2D eigenvalue weighted by atomic mass is 16.5. The number of hydrogen-bond acceptors (Lipinski definition) is 5. The van der Waals surface area contributed by atoms with Crippen molar-refractivity contribution in [3.63, 3.8) is 0 Å². The third-order valence-electron chi connectivity index (χ3n) is 4.51. The standard InChI is InChI=1S/C23H25N3O3/c1-16-4-7-19(8-5-16)21-10-11-23(26-25-21)28-13-12-24-22(27)15-29-20-9-6-17(2)18(3)14-20/h4-11,14H,12-13,15H2,1-3H3,(H,24,27). The maximum Gasteiger partial charge on any atom is 0.258 e. The second kappa shape index (κ2) is 9.68. The molecule has 0 fully saturated rings. The molecular formula is C23H25N3O3. The van der Waals surface area contributed by atoms with Gasteiger partial charge in [-0.3, -0.25) is 4.79 Å². The molecule has 0 atom stereocenters. The van der Waals surface area contributed by atoms with E-state index in [2.05, 4.69) is 15.5 Å². The predicted molar refractivity (Wildman–Crippen MR) is 112 cm³/mol. The Kier molecular flexibility index (Phi) is 6.79. The molecule has 3 rings (SSSR count). The SMILES string of the molecule is Cc1ccc(-c2ccc(OCCNC(=O)COc3ccc(C)c(C)c3)nn2)cc1. The monoisotopic (exact) mass is 391 g/mol. The van der Waals surface area contributed by atoms with E-state index in [1.807, 2.05) is 69.3 Å². The zero-order chi connectivity index (χ0) is 20.6. The van der Waals surface area contributed by atoms with Crippen molar-refractivity contribution >= 4 is 5.91 Å². The number of nitrogens with one attached hydrogen (secondary N) is 1. The minimum Gasteiger partial charge on any atom is -0.484 e. The summed E-state index contributed by atoms with van der Waals surface area (Å²) < 4.78 is 11.0. The van der Waals surface area contributed by atoms with Gasteiger partial charge in [0.1, 0.15) is 12.4 Å². The highest BCUT2D eigenvalue weighted by molar-refractivity contribution is 5.77. The van der Waals surface area contributed by atoms with E-state index >= 15 is 0 Å². The molecule has 0 spiro atoms. The molecule has 0 unspecified atom stereocenters. The van der Waals surface area contributed by atoms with Gasteiger partial charge >= 0.3 is 0 Å². The summed E-state index contributed by atoms with van der Waals surface area (Å²) in [5.74, 6) is 0.901. The first-order valence-electron chi connectivity index (χ1n) is 9.51. The number of amides is 1. The molecule has 0 bridgehead atoms. The summed E-state index contributed by atoms with van der Waals surface area (Å²) in [4.78, 5) is 11.9. The van der Waals surface area contributed by atoms with Crippen molar-refractivity contribution in [2.24, 2.45) is 0 Å². The number of benzene rings is 2. The van der Waals surface area contributed by atoms with Crippen LogP contribution in [0.15, 0.2) is 54.6 Å². The van der Waals surface area contributed by atoms with Crippen LogP contribution in [-0.2, 0) is 4.79 Å². The van der Waals surface area contributed by atoms with Crippen LogP contribution >= 0.6 is 0 Å². The minimum absolute atomic E-state index is 0.0342. The smallest absolute Gasteiger partial charge is 0.258 e. The summed E-state index contributed by atoms with van der Waals surface area (Å²) in [5.41, 5.74) is 5.31. The zero-order valence-corrected chi connectivity index (χ0v) is 16.9. The van der Waals surface area contributed by atoms with Crippen molar-refractivity contribution in [1.82, 2.24) is 15.5 Å². The van der Waals surface area contributed by atoms with E-state index in [0.29, 0.717) is 24.8 Å². The molecule has 1 amide bonds. The first-order chi connectivity index (χ1) is 14.0. The van der Waals surface area contributed by atoms with E-state index in [0.717, 1.165) is 16.8 Å². The van der Waals surface area contributed by atoms with E-state index in [4.69, 9.17) is 9.47 Å². The lowest BCUT2D eigenvalue weighted by atomic mass is 10.1. The number of nitrogens with zero attached hydrogens (tertiary/aromatic N) is 2. The van der Waals surface area contributed by atoms with Crippen LogP contribution in [-0.4, -0.2) is 35.9 Å². The molecule has 0 aliphatic rings. The fourth-order valence-corrected chi connectivity index (χ4v) is 2.62. The van der Waals surface area contributed by atoms with Gasteiger partial charge in [-0.25, -0.2) is 0 Å². The van der Waals surface area contributed by atoms with Crippen molar-refractivity contribution in [2.75, 3.05) is 19.8 Å². The van der Waals surface area contributed by atoms with Gasteiger partial charge in [0.25, 0.3) is 5.91 Å². The molecule has 0 saturated carbocycles. The molecule has 6 nitrogen and oxygen atoms in total. The quantitative estimate of drug-likeness (QED) is 0.594. The number of rotatable bonds is 8. The third kappa shape index (κ3) is 6.04. The summed E-state index contributed by atoms with van der Waals surface area (Å²) in [6.07, 6.45) is 0. The molecule has 150 valence electrons. The molecule has 1 N–H and O–H groups in total. The number of ether oxygens (including phenoxy) is 2. The van der Waals surface area contributed by atoms with Crippen LogP contribution in [0.3, 0.4) is 0 Å². The Bertz CT molecular complexity index is 954. The maximum atomic E-state index is 11.9. The predicted octanol–water partition coefficient (Wildman–Crippen LogP) is 3.64. The fourth-order valence-electron chi connectivity index (χ4n) is 2.62. The van der Waals surface area contributed by atoms with E-state index in [-0.39, 0.29) is 12.5 Å². The van der Waals surface area contributed by atoms with Gasteiger partial charge in [-0.05, 0) is 50.1 Å². The summed E-state index contributed by atoms with van der Waals surface area (Å²) in [6, 6.07) is 17.5. The van der Waals surface area contributed by atoms with Crippen LogP contribution in [0.2, 0.25) is 0 Å². The highest BCUT2D eigenvalue weighted by Crippen LogP contribution is 2.18. The topological polar surface area (TPSA) is 73.3 Å². The largest absolute Gasteiger partial charge is 0.484 e. The lowest BCUT2D eigenvalue weighted by molar-refractivity contribution is -0.123. The van der Waals surface area contributed by atoms with E-state index in [9.17, 15) is 4.79 Å². The van der Waals surface area contributed by atoms with Gasteiger partial charge in [-0.15, -0.1) is 10.2 Å². The number of carbonyl (C=O) groups excluding carboxylic acids is 1. The Morgan fingerprint density at radius 1 is 0.897 bits per heavy atom. The van der Waals surface area contributed by atoms with Crippen LogP contribution in [0.4, 0.5) is 0 Å². The Labute approximate surface area is 170 Å². The van der Waals surface area contributed by atoms with Gasteiger partial charge < -0.3 is 14.8 Å². The number of carbonyl (C=O) groups is 1. The van der Waals surface area contributed by atoms with Crippen LogP contribution in [0, 0.1) is 20.8 Å². The van der Waals surface area contributed by atoms with Crippen molar-refractivity contribution in [3.05, 3.63) is 71.3 Å². The second-order valence-corrected chi connectivity index (χ2v) is 6.86. The second-order valence-electron chi connectivity index (χ2n) is 6.86. The Hall–Kier alpha value is -3.41. The van der Waals surface area contributed by atoms with Gasteiger partial charge in [-0.1, -0.05) is 35.9 Å². The molecule has 2 aromatic carbocycles. The van der Waals surface area contributed by atoms with Crippen molar-refractivity contribution in [3.8, 4) is 22.9 Å². The third-order valence-corrected chi connectivity index (χ3v) is 4.51. The molecular weight excluding hydrogens is 366 g/mol. The van der Waals surface area contributed by atoms with Crippen LogP contribution in [0.25, 0.3) is 11.3 Å². The van der Waals surface area contributed by atoms with Gasteiger partial charge in [0.05, 0.1) is 12.2 Å². The van der Waals surface area contributed by atoms with Gasteiger partial charge in [0.15, 0.2) is 6.61 Å². The molecule has 29 heavy (non-hydrogen) atoms. The fraction of sp³-hybridized carbons (Fsp3) is 0.261. The molecule has 6 heteroatoms. The van der Waals surface area contributed by atoms with Crippen LogP contribution < -0.4 is 14.8 Å². The summed E-state index contributed by atoms with van der Waals surface area (Å²) in [7, 11) is 0. The van der Waals surface area contributed by atoms with Gasteiger partial charge in [0, 0.05) is 11.6 Å². The van der Waals surface area contributed by atoms with Crippen molar-refractivity contribution in [1.29, 1.82) is 0 Å². The average molecular weight is 391 g/mol. The number of aromatic nitrogens is 2. The minimum atomic E-state index is -0.201. The molecule has 0 aliphatic heterocycles. The van der Waals surface area contributed by atoms with Gasteiger partial charge in [0.2, 0.25) is 5.88 Å². The Morgan fingerprint density at radius 3 is 2.38 bits per heavy atom. The molecule has 0 aliphatic carbocycles. The number of hydrogen-bond donors (Lipinski definition) is 1. The maximum absolute atomic E-state index is 11.9. The lowest BCUT2D eigenvalue weighted by Gasteiger charge is -2.09. The van der Waals surface area contributed by atoms with Gasteiger partial charge in [-0.2, -0.15) is 0 Å². The van der Waals surface area contributed by atoms with E-state index in [1.165, 1.54) is 11.1 Å². The average Bonchev–Trinajstić information content (AvgIpc) is 2.73. The first-order valence-corrected chi connectivity index (χ1v) is 9.51. The molecule has 3 aromatic rings. The Balaban J connectivity index is 1.38. The van der Waals surface area contributed by atoms with Crippen LogP contribution in [0.1, 0.15) is 16.7 Å². The Morgan fingerprint density at radius 2 is 1.69 bits per heavy atom. The zero-order valence-electron chi connectivity index (χ0n) is 16.9. The van der Waals surface area contributed by atoms with Crippen molar-refractivity contribution in [2.45, 2.75) is 20.8 Å². The normalized spacial score (nSPS) is 10.4. The summed E-state index contributed by atoms with van der Waals surface area (Å²) in [6.45, 7) is 6.71. The van der Waals surface area contributed by atoms with Crippen molar-refractivity contribution < 1.29 is 14.3 Å². The molecule has 1 heterocycles. The summed E-state index contributed by atoms with van der Waals surface area (Å²) >= 11 is 0. The number of aryl methyl sites for hydroxylation is 3. The lowest BCUT2D eigenvalue weighted by Crippen LogP contribution is -2.32. The summed E-state index contributed by atoms with van der Waals surface area (Å²) in [5, 5.41) is 11.0. The molecule has 0 saturated heterocycles. The van der Waals surface area contributed by atoms with E-state index < -0.39 is 0 Å². The molecule has 1 aromatic heterocycles. The first kappa shape index (κ1) is 20.3. The van der Waals surface area contributed by atoms with Crippen LogP contribution in [0.5, 0.6) is 11.6 Å². The highest BCUT2D eigenvalue weighted by Gasteiger charge is 2.05.